The highest BCUT2D eigenvalue weighted by Gasteiger charge is 2.10. The summed E-state index contributed by atoms with van der Waals surface area (Å²) in [5.41, 5.74) is 0.925. The largest absolute Gasteiger partial charge is 0.397 e. The molecule has 3 heteroatoms. The van der Waals surface area contributed by atoms with E-state index in [1.807, 2.05) is 0 Å². The standard InChI is InChI=1S/C10H21NO.C2H6O/c1-5-6-9(11)7-12-8-10(2,3)4;1-2-3/h11H,5-8H2,1-4H3;3H,2H2,1H3. The van der Waals surface area contributed by atoms with Crippen molar-refractivity contribution in [2.45, 2.75) is 47.5 Å². The van der Waals surface area contributed by atoms with E-state index in [-0.39, 0.29) is 12.0 Å². The van der Waals surface area contributed by atoms with E-state index in [1.165, 1.54) is 0 Å². The fraction of sp³-hybridized carbons (Fsp3) is 0.917. The molecule has 0 heterocycles. The van der Waals surface area contributed by atoms with Crippen LogP contribution < -0.4 is 0 Å². The van der Waals surface area contributed by atoms with Crippen LogP contribution >= 0.6 is 0 Å². The Bertz CT molecular complexity index is 150. The Balaban J connectivity index is 0. The van der Waals surface area contributed by atoms with Crippen molar-refractivity contribution in [3.63, 3.8) is 0 Å². The monoisotopic (exact) mass is 217 g/mol. The van der Waals surface area contributed by atoms with Crippen LogP contribution in [-0.2, 0) is 4.74 Å². The summed E-state index contributed by atoms with van der Waals surface area (Å²) in [7, 11) is 0. The van der Waals surface area contributed by atoms with E-state index in [0.29, 0.717) is 12.3 Å². The van der Waals surface area contributed by atoms with Gasteiger partial charge >= 0.3 is 0 Å². The minimum Gasteiger partial charge on any atom is -0.397 e. The third-order valence-corrected chi connectivity index (χ3v) is 1.36. The Morgan fingerprint density at radius 1 is 1.27 bits per heavy atom. The molecular weight excluding hydrogens is 190 g/mol. The van der Waals surface area contributed by atoms with Crippen LogP contribution in [0.15, 0.2) is 0 Å². The minimum absolute atomic E-state index is 0.215. The normalized spacial score (nSPS) is 10.5. The summed E-state index contributed by atoms with van der Waals surface area (Å²) in [4.78, 5) is 0. The van der Waals surface area contributed by atoms with Gasteiger partial charge in [-0.2, -0.15) is 0 Å². The van der Waals surface area contributed by atoms with Crippen molar-refractivity contribution in [1.82, 2.24) is 0 Å². The molecule has 3 nitrogen and oxygen atoms in total. The molecule has 0 saturated carbocycles. The molecule has 0 fully saturated rings. The van der Waals surface area contributed by atoms with Gasteiger partial charge in [0, 0.05) is 12.3 Å². The van der Waals surface area contributed by atoms with Gasteiger partial charge in [0.2, 0.25) is 0 Å². The lowest BCUT2D eigenvalue weighted by atomic mass is 9.99. The van der Waals surface area contributed by atoms with Crippen LogP contribution in [0, 0.1) is 10.8 Å². The van der Waals surface area contributed by atoms with Crippen molar-refractivity contribution in [2.75, 3.05) is 19.8 Å². The van der Waals surface area contributed by atoms with Gasteiger partial charge in [-0.3, -0.25) is 0 Å². The first-order valence-corrected chi connectivity index (χ1v) is 5.62. The quantitative estimate of drug-likeness (QED) is 0.696. The summed E-state index contributed by atoms with van der Waals surface area (Å²) in [6.45, 7) is 11.7. The number of rotatable bonds is 5. The molecule has 0 atom stereocenters. The average molecular weight is 217 g/mol. The second-order valence-electron chi connectivity index (χ2n) is 4.72. The third-order valence-electron chi connectivity index (χ3n) is 1.36. The number of aliphatic hydroxyl groups excluding tert-OH is 1. The molecule has 0 radical (unpaired) electrons. The molecule has 0 saturated heterocycles. The molecule has 0 unspecified atom stereocenters. The van der Waals surface area contributed by atoms with Gasteiger partial charge in [0.25, 0.3) is 0 Å². The van der Waals surface area contributed by atoms with Gasteiger partial charge < -0.3 is 15.3 Å². The first-order valence-electron chi connectivity index (χ1n) is 5.62. The summed E-state index contributed by atoms with van der Waals surface area (Å²) < 4.78 is 5.39. The molecule has 0 bridgehead atoms. The van der Waals surface area contributed by atoms with Gasteiger partial charge in [-0.1, -0.05) is 34.1 Å². The van der Waals surface area contributed by atoms with Gasteiger partial charge in [-0.05, 0) is 18.8 Å². The van der Waals surface area contributed by atoms with Crippen molar-refractivity contribution in [2.24, 2.45) is 5.41 Å². The van der Waals surface area contributed by atoms with Crippen LogP contribution in [0.25, 0.3) is 0 Å². The van der Waals surface area contributed by atoms with Gasteiger partial charge in [0.05, 0.1) is 13.2 Å². The van der Waals surface area contributed by atoms with Crippen molar-refractivity contribution in [3.8, 4) is 0 Å². The van der Waals surface area contributed by atoms with E-state index in [4.69, 9.17) is 15.3 Å². The summed E-state index contributed by atoms with van der Waals surface area (Å²) in [6.07, 6.45) is 1.90. The highest BCUT2D eigenvalue weighted by atomic mass is 16.5. The van der Waals surface area contributed by atoms with Gasteiger partial charge in [0.15, 0.2) is 0 Å². The molecule has 0 aromatic heterocycles. The van der Waals surface area contributed by atoms with E-state index in [9.17, 15) is 0 Å². The predicted octanol–water partition coefficient (Wildman–Crippen LogP) is 2.87. The fourth-order valence-electron chi connectivity index (χ4n) is 0.854. The molecule has 0 aliphatic heterocycles. The molecule has 0 aromatic rings. The van der Waals surface area contributed by atoms with Crippen LogP contribution in [0.5, 0.6) is 0 Å². The fourth-order valence-corrected chi connectivity index (χ4v) is 0.854. The molecule has 0 aliphatic carbocycles. The van der Waals surface area contributed by atoms with E-state index in [0.717, 1.165) is 19.4 Å². The molecular formula is C12H27NO2. The maximum atomic E-state index is 7.57. The second-order valence-corrected chi connectivity index (χ2v) is 4.72. The minimum atomic E-state index is 0.215. The Morgan fingerprint density at radius 3 is 2.07 bits per heavy atom. The van der Waals surface area contributed by atoms with Crippen LogP contribution in [0.3, 0.4) is 0 Å². The molecule has 92 valence electrons. The zero-order valence-electron chi connectivity index (χ0n) is 10.9. The highest BCUT2D eigenvalue weighted by molar-refractivity contribution is 5.82. The SMILES string of the molecule is CCCC(=N)COCC(C)(C)C.CCO. The van der Waals surface area contributed by atoms with Gasteiger partial charge in [0.1, 0.15) is 0 Å². The summed E-state index contributed by atoms with van der Waals surface area (Å²) in [5, 5.41) is 15.0. The van der Waals surface area contributed by atoms with Gasteiger partial charge in [-0.25, -0.2) is 0 Å². The second kappa shape index (κ2) is 10.1. The zero-order chi connectivity index (χ0) is 12.3. The summed E-state index contributed by atoms with van der Waals surface area (Å²) in [6, 6.07) is 0. The Kier molecular flexibility index (Phi) is 11.5. The topological polar surface area (TPSA) is 53.3 Å². The highest BCUT2D eigenvalue weighted by Crippen LogP contribution is 2.12. The average Bonchev–Trinajstić information content (AvgIpc) is 2.03. The zero-order valence-corrected chi connectivity index (χ0v) is 10.9. The van der Waals surface area contributed by atoms with E-state index in [2.05, 4.69) is 27.7 Å². The Hall–Kier alpha value is -0.410. The number of hydrogen-bond acceptors (Lipinski definition) is 3. The number of aliphatic hydroxyl groups is 1. The first kappa shape index (κ1) is 17.0. The predicted molar refractivity (Wildman–Crippen MR) is 65.7 cm³/mol. The maximum absolute atomic E-state index is 7.57. The number of ether oxygens (including phenoxy) is 1. The van der Waals surface area contributed by atoms with E-state index in [1.54, 1.807) is 6.92 Å². The third kappa shape index (κ3) is 19.8. The van der Waals surface area contributed by atoms with E-state index < -0.39 is 0 Å². The first-order chi connectivity index (χ1) is 6.87. The lowest BCUT2D eigenvalue weighted by Crippen LogP contribution is -2.18. The smallest absolute Gasteiger partial charge is 0.0841 e. The summed E-state index contributed by atoms with van der Waals surface area (Å²) in [5.74, 6) is 0. The maximum Gasteiger partial charge on any atom is 0.0841 e. The van der Waals surface area contributed by atoms with Crippen LogP contribution in [-0.4, -0.2) is 30.6 Å². The van der Waals surface area contributed by atoms with Crippen molar-refractivity contribution in [1.29, 1.82) is 5.41 Å². The van der Waals surface area contributed by atoms with Crippen molar-refractivity contribution >= 4 is 5.71 Å². The number of nitrogens with one attached hydrogen (secondary N) is 1. The van der Waals surface area contributed by atoms with Crippen LogP contribution in [0.4, 0.5) is 0 Å². The number of hydrogen-bond donors (Lipinski definition) is 2. The van der Waals surface area contributed by atoms with Crippen LogP contribution in [0.2, 0.25) is 0 Å². The lowest BCUT2D eigenvalue weighted by Gasteiger charge is -2.17. The summed E-state index contributed by atoms with van der Waals surface area (Å²) >= 11 is 0. The van der Waals surface area contributed by atoms with Crippen molar-refractivity contribution < 1.29 is 9.84 Å². The lowest BCUT2D eigenvalue weighted by molar-refractivity contribution is 0.0966. The Labute approximate surface area is 94.4 Å². The molecule has 0 spiro atoms. The van der Waals surface area contributed by atoms with Crippen molar-refractivity contribution in [3.05, 3.63) is 0 Å². The molecule has 2 N–H and O–H groups in total. The molecule has 0 aliphatic rings. The Morgan fingerprint density at radius 2 is 1.73 bits per heavy atom. The van der Waals surface area contributed by atoms with Gasteiger partial charge in [-0.15, -0.1) is 0 Å². The molecule has 0 rings (SSSR count). The molecule has 0 aromatic carbocycles. The van der Waals surface area contributed by atoms with E-state index >= 15 is 0 Å². The molecule has 15 heavy (non-hydrogen) atoms. The van der Waals surface area contributed by atoms with Crippen LogP contribution in [0.1, 0.15) is 47.5 Å². The molecule has 0 amide bonds.